The molecule has 0 bridgehead atoms. The Morgan fingerprint density at radius 2 is 1.88 bits per heavy atom. The maximum Gasteiger partial charge on any atom is 0.411 e. The van der Waals surface area contributed by atoms with Crippen LogP contribution in [0.2, 0.25) is 0 Å². The van der Waals surface area contributed by atoms with Crippen LogP contribution in [0.15, 0.2) is 0 Å². The molecular formula is C12H24F3NO. The van der Waals surface area contributed by atoms with E-state index in [4.69, 9.17) is 4.74 Å². The minimum Gasteiger partial charge on any atom is -0.372 e. The third-order valence-corrected chi connectivity index (χ3v) is 2.28. The van der Waals surface area contributed by atoms with Gasteiger partial charge in [-0.15, -0.1) is 0 Å². The SMILES string of the molecule is CCCNCC(COCC(F)(F)F)CC(C)C. The number of hydrogen-bond acceptors (Lipinski definition) is 2. The number of ether oxygens (including phenoxy) is 1. The van der Waals surface area contributed by atoms with E-state index in [1.54, 1.807) is 0 Å². The summed E-state index contributed by atoms with van der Waals surface area (Å²) < 4.78 is 40.5. The molecule has 0 aliphatic heterocycles. The monoisotopic (exact) mass is 255 g/mol. The van der Waals surface area contributed by atoms with Crippen LogP contribution in [0.5, 0.6) is 0 Å². The lowest BCUT2D eigenvalue weighted by molar-refractivity contribution is -0.176. The maximum atomic E-state index is 11.9. The third kappa shape index (κ3) is 12.0. The fourth-order valence-electron chi connectivity index (χ4n) is 1.70. The van der Waals surface area contributed by atoms with Crippen LogP contribution in [0.25, 0.3) is 0 Å². The lowest BCUT2D eigenvalue weighted by Gasteiger charge is -2.20. The summed E-state index contributed by atoms with van der Waals surface area (Å²) in [6.07, 6.45) is -2.31. The van der Waals surface area contributed by atoms with E-state index >= 15 is 0 Å². The predicted molar refractivity (Wildman–Crippen MR) is 63.0 cm³/mol. The van der Waals surface area contributed by atoms with Crippen LogP contribution in [-0.4, -0.2) is 32.5 Å². The number of hydrogen-bond donors (Lipinski definition) is 1. The maximum absolute atomic E-state index is 11.9. The van der Waals surface area contributed by atoms with E-state index in [-0.39, 0.29) is 12.5 Å². The zero-order chi connectivity index (χ0) is 13.3. The van der Waals surface area contributed by atoms with Gasteiger partial charge in [-0.3, -0.25) is 0 Å². The summed E-state index contributed by atoms with van der Waals surface area (Å²) >= 11 is 0. The van der Waals surface area contributed by atoms with Gasteiger partial charge in [0.05, 0.1) is 6.61 Å². The minimum atomic E-state index is -4.22. The van der Waals surface area contributed by atoms with E-state index in [1.807, 2.05) is 0 Å². The van der Waals surface area contributed by atoms with Gasteiger partial charge in [0.15, 0.2) is 0 Å². The van der Waals surface area contributed by atoms with Crippen LogP contribution < -0.4 is 5.32 Å². The smallest absolute Gasteiger partial charge is 0.372 e. The molecule has 104 valence electrons. The van der Waals surface area contributed by atoms with Crippen molar-refractivity contribution >= 4 is 0 Å². The molecule has 2 nitrogen and oxygen atoms in total. The highest BCUT2D eigenvalue weighted by molar-refractivity contribution is 4.64. The number of alkyl halides is 3. The fraction of sp³-hybridized carbons (Fsp3) is 1.00. The zero-order valence-corrected chi connectivity index (χ0v) is 10.9. The molecule has 1 atom stereocenters. The topological polar surface area (TPSA) is 21.3 Å². The normalized spacial score (nSPS) is 14.3. The van der Waals surface area contributed by atoms with E-state index in [0.29, 0.717) is 5.92 Å². The summed E-state index contributed by atoms with van der Waals surface area (Å²) in [5.41, 5.74) is 0. The van der Waals surface area contributed by atoms with E-state index in [1.165, 1.54) is 0 Å². The molecule has 0 saturated heterocycles. The zero-order valence-electron chi connectivity index (χ0n) is 10.9. The lowest BCUT2D eigenvalue weighted by Crippen LogP contribution is -2.29. The van der Waals surface area contributed by atoms with Gasteiger partial charge in [-0.1, -0.05) is 20.8 Å². The molecule has 0 rings (SSSR count). The molecule has 0 radical (unpaired) electrons. The van der Waals surface area contributed by atoms with Crippen molar-refractivity contribution in [2.24, 2.45) is 11.8 Å². The summed E-state index contributed by atoms with van der Waals surface area (Å²) in [6.45, 7) is 6.85. The van der Waals surface area contributed by atoms with Crippen molar-refractivity contribution in [2.75, 3.05) is 26.3 Å². The summed E-state index contributed by atoms with van der Waals surface area (Å²) in [4.78, 5) is 0. The quantitative estimate of drug-likeness (QED) is 0.639. The Morgan fingerprint density at radius 1 is 1.24 bits per heavy atom. The van der Waals surface area contributed by atoms with Crippen LogP contribution in [0.3, 0.4) is 0 Å². The van der Waals surface area contributed by atoms with E-state index in [0.717, 1.165) is 25.9 Å². The molecule has 0 aliphatic carbocycles. The van der Waals surface area contributed by atoms with E-state index < -0.39 is 12.8 Å². The minimum absolute atomic E-state index is 0.156. The molecule has 0 aromatic heterocycles. The molecule has 1 N–H and O–H groups in total. The van der Waals surface area contributed by atoms with Gasteiger partial charge >= 0.3 is 6.18 Å². The number of halogens is 3. The number of nitrogens with one attached hydrogen (secondary N) is 1. The molecule has 0 aliphatic rings. The Morgan fingerprint density at radius 3 is 2.35 bits per heavy atom. The van der Waals surface area contributed by atoms with Crippen molar-refractivity contribution in [3.05, 3.63) is 0 Å². The van der Waals surface area contributed by atoms with Crippen LogP contribution in [0.4, 0.5) is 13.2 Å². The highest BCUT2D eigenvalue weighted by Gasteiger charge is 2.27. The molecule has 1 unspecified atom stereocenters. The van der Waals surface area contributed by atoms with Gasteiger partial charge in [0.25, 0.3) is 0 Å². The van der Waals surface area contributed by atoms with Crippen molar-refractivity contribution in [3.63, 3.8) is 0 Å². The second kappa shape index (κ2) is 8.75. The van der Waals surface area contributed by atoms with Crippen LogP contribution in [-0.2, 0) is 4.74 Å². The predicted octanol–water partition coefficient (Wildman–Crippen LogP) is 3.23. The Kier molecular flexibility index (Phi) is 8.60. The van der Waals surface area contributed by atoms with Gasteiger partial charge in [0.1, 0.15) is 6.61 Å². The molecule has 0 fully saturated rings. The van der Waals surface area contributed by atoms with Crippen molar-refractivity contribution in [3.8, 4) is 0 Å². The molecular weight excluding hydrogens is 231 g/mol. The van der Waals surface area contributed by atoms with Crippen molar-refractivity contribution in [1.29, 1.82) is 0 Å². The Balaban J connectivity index is 3.84. The standard InChI is InChI=1S/C12H24F3NO/c1-4-5-16-7-11(6-10(2)3)8-17-9-12(13,14)15/h10-11,16H,4-9H2,1-3H3. The molecule has 0 heterocycles. The first-order chi connectivity index (χ1) is 7.85. The summed E-state index contributed by atoms with van der Waals surface area (Å²) in [6, 6.07) is 0. The van der Waals surface area contributed by atoms with Gasteiger partial charge in [-0.25, -0.2) is 0 Å². The Labute approximate surface area is 102 Å². The van der Waals surface area contributed by atoms with Gasteiger partial charge in [-0.05, 0) is 31.2 Å². The first-order valence-electron chi connectivity index (χ1n) is 6.20. The van der Waals surface area contributed by atoms with Crippen LogP contribution in [0.1, 0.15) is 33.6 Å². The second-order valence-corrected chi connectivity index (χ2v) is 4.83. The van der Waals surface area contributed by atoms with Crippen molar-refractivity contribution < 1.29 is 17.9 Å². The lowest BCUT2D eigenvalue weighted by atomic mass is 9.98. The Bertz CT molecular complexity index is 183. The van der Waals surface area contributed by atoms with Gasteiger partial charge in [0, 0.05) is 6.54 Å². The van der Waals surface area contributed by atoms with Gasteiger partial charge in [0.2, 0.25) is 0 Å². The summed E-state index contributed by atoms with van der Waals surface area (Å²) in [5, 5.41) is 3.23. The van der Waals surface area contributed by atoms with E-state index in [2.05, 4.69) is 26.1 Å². The van der Waals surface area contributed by atoms with Gasteiger partial charge < -0.3 is 10.1 Å². The average Bonchev–Trinajstić information content (AvgIpc) is 2.14. The largest absolute Gasteiger partial charge is 0.411 e. The Hall–Kier alpha value is -0.290. The molecule has 17 heavy (non-hydrogen) atoms. The van der Waals surface area contributed by atoms with Crippen LogP contribution in [0, 0.1) is 11.8 Å². The van der Waals surface area contributed by atoms with E-state index in [9.17, 15) is 13.2 Å². The van der Waals surface area contributed by atoms with Crippen LogP contribution >= 0.6 is 0 Å². The highest BCUT2D eigenvalue weighted by atomic mass is 19.4. The molecule has 0 amide bonds. The highest BCUT2D eigenvalue weighted by Crippen LogP contribution is 2.17. The molecule has 0 spiro atoms. The molecule has 5 heteroatoms. The molecule has 0 saturated carbocycles. The van der Waals surface area contributed by atoms with Gasteiger partial charge in [-0.2, -0.15) is 13.2 Å². The second-order valence-electron chi connectivity index (χ2n) is 4.83. The first-order valence-corrected chi connectivity index (χ1v) is 6.20. The average molecular weight is 255 g/mol. The molecule has 0 aromatic rings. The molecule has 0 aromatic carbocycles. The van der Waals surface area contributed by atoms with Crippen molar-refractivity contribution in [1.82, 2.24) is 5.32 Å². The fourth-order valence-corrected chi connectivity index (χ4v) is 1.70. The number of rotatable bonds is 9. The van der Waals surface area contributed by atoms with Crippen molar-refractivity contribution in [2.45, 2.75) is 39.8 Å². The first kappa shape index (κ1) is 16.7. The summed E-state index contributed by atoms with van der Waals surface area (Å²) in [7, 11) is 0. The summed E-state index contributed by atoms with van der Waals surface area (Å²) in [5.74, 6) is 0.627. The third-order valence-electron chi connectivity index (χ3n) is 2.28.